The molecule has 0 aromatic heterocycles. The van der Waals surface area contributed by atoms with Crippen LogP contribution < -0.4 is 9.47 Å². The summed E-state index contributed by atoms with van der Waals surface area (Å²) in [6.07, 6.45) is 8.24. The molecule has 40 heavy (non-hydrogen) atoms. The van der Waals surface area contributed by atoms with Crippen LogP contribution in [0.3, 0.4) is 0 Å². The number of hydrogen-bond donors (Lipinski definition) is 1. The molecule has 0 bridgehead atoms. The molecule has 3 aromatic carbocycles. The summed E-state index contributed by atoms with van der Waals surface area (Å²) in [5, 5.41) is 9.50. The number of amidine groups is 1. The minimum Gasteiger partial charge on any atom is -0.490 e. The van der Waals surface area contributed by atoms with E-state index in [1.54, 1.807) is 31.3 Å². The van der Waals surface area contributed by atoms with Crippen molar-refractivity contribution in [2.45, 2.75) is 51.2 Å². The average Bonchev–Trinajstić information content (AvgIpc) is 3.22. The number of carbonyl (C=O) groups is 2. The van der Waals surface area contributed by atoms with Crippen LogP contribution in [0.5, 0.6) is 11.5 Å². The van der Waals surface area contributed by atoms with Gasteiger partial charge in [0.15, 0.2) is 5.17 Å². The molecule has 0 unspecified atom stereocenters. The van der Waals surface area contributed by atoms with Gasteiger partial charge in [0.1, 0.15) is 18.1 Å². The number of hydrogen-bond acceptors (Lipinski definition) is 6. The Morgan fingerprint density at radius 1 is 0.950 bits per heavy atom. The van der Waals surface area contributed by atoms with Crippen molar-refractivity contribution in [3.63, 3.8) is 0 Å². The van der Waals surface area contributed by atoms with Crippen molar-refractivity contribution in [3.05, 3.63) is 94.4 Å². The summed E-state index contributed by atoms with van der Waals surface area (Å²) < 4.78 is 12.1. The molecule has 0 atom stereocenters. The molecule has 1 saturated carbocycles. The quantitative estimate of drug-likeness (QED) is 0.291. The first kappa shape index (κ1) is 27.5. The minimum atomic E-state index is -0.879. The number of amides is 1. The van der Waals surface area contributed by atoms with Gasteiger partial charge in [-0.25, -0.2) is 4.99 Å². The predicted octanol–water partition coefficient (Wildman–Crippen LogP) is 6.84. The lowest BCUT2D eigenvalue weighted by atomic mass is 9.98. The summed E-state index contributed by atoms with van der Waals surface area (Å²) >= 11 is 1.31. The second kappa shape index (κ2) is 12.9. The van der Waals surface area contributed by atoms with Gasteiger partial charge in [-0.3, -0.25) is 14.5 Å². The van der Waals surface area contributed by atoms with E-state index < -0.39 is 5.97 Å². The molecule has 3 aromatic rings. The lowest BCUT2D eigenvalue weighted by Gasteiger charge is -2.23. The summed E-state index contributed by atoms with van der Waals surface area (Å²) in [6.45, 7) is 0.459. The summed E-state index contributed by atoms with van der Waals surface area (Å²) in [6, 6.07) is 22.7. The Bertz CT molecular complexity index is 1390. The fourth-order valence-electron chi connectivity index (χ4n) is 4.64. The second-order valence-corrected chi connectivity index (χ2v) is 11.0. The van der Waals surface area contributed by atoms with Crippen molar-refractivity contribution >= 4 is 40.6 Å². The summed E-state index contributed by atoms with van der Waals surface area (Å²) in [5.41, 5.74) is 3.32. The molecule has 2 fully saturated rings. The van der Waals surface area contributed by atoms with E-state index in [4.69, 9.17) is 14.6 Å². The number of aliphatic imine (C=N–C) groups is 1. The number of carbonyl (C=O) groups excluding carboxylic acids is 1. The van der Waals surface area contributed by atoms with E-state index in [-0.39, 0.29) is 12.3 Å². The van der Waals surface area contributed by atoms with Crippen LogP contribution in [0.15, 0.2) is 82.7 Å². The van der Waals surface area contributed by atoms with E-state index >= 15 is 0 Å². The van der Waals surface area contributed by atoms with Crippen molar-refractivity contribution in [1.82, 2.24) is 4.90 Å². The number of thioether (sulfide) groups is 1. The Kier molecular flexibility index (Phi) is 8.86. The highest BCUT2D eigenvalue weighted by molar-refractivity contribution is 8.18. The third-order valence-electron chi connectivity index (χ3n) is 6.88. The zero-order chi connectivity index (χ0) is 27.9. The van der Waals surface area contributed by atoms with Gasteiger partial charge in [0.2, 0.25) is 0 Å². The van der Waals surface area contributed by atoms with Crippen LogP contribution in [0.25, 0.3) is 6.08 Å². The van der Waals surface area contributed by atoms with Gasteiger partial charge in [-0.2, -0.15) is 0 Å². The van der Waals surface area contributed by atoms with E-state index in [1.807, 2.05) is 54.6 Å². The van der Waals surface area contributed by atoms with Crippen molar-refractivity contribution < 1.29 is 24.2 Å². The summed E-state index contributed by atoms with van der Waals surface area (Å²) in [5.74, 6) is 0.665. The number of rotatable bonds is 9. The fraction of sp³-hybridized carbons (Fsp3) is 0.281. The normalized spacial score (nSPS) is 17.9. The lowest BCUT2D eigenvalue weighted by molar-refractivity contribution is -0.136. The van der Waals surface area contributed by atoms with E-state index in [2.05, 4.69) is 4.99 Å². The first-order chi connectivity index (χ1) is 19.4. The van der Waals surface area contributed by atoms with Crippen molar-refractivity contribution in [2.75, 3.05) is 7.05 Å². The van der Waals surface area contributed by atoms with Crippen molar-refractivity contribution in [2.24, 2.45) is 4.99 Å². The summed E-state index contributed by atoms with van der Waals surface area (Å²) in [7, 11) is 1.69. The molecule has 0 spiro atoms. The molecule has 1 aliphatic carbocycles. The molecular formula is C32H32N2O5S. The minimum absolute atomic E-state index is 0.0381. The highest BCUT2D eigenvalue weighted by Gasteiger charge is 2.30. The van der Waals surface area contributed by atoms with Gasteiger partial charge in [0.25, 0.3) is 5.91 Å². The van der Waals surface area contributed by atoms with Crippen molar-refractivity contribution in [3.8, 4) is 11.5 Å². The Morgan fingerprint density at radius 2 is 1.60 bits per heavy atom. The van der Waals surface area contributed by atoms with Crippen LogP contribution in [0.2, 0.25) is 0 Å². The zero-order valence-corrected chi connectivity index (χ0v) is 23.2. The maximum absolute atomic E-state index is 12.8. The molecule has 206 valence electrons. The molecule has 2 aliphatic rings. The number of carboxylic acid groups (broad SMARTS) is 1. The third-order valence-corrected chi connectivity index (χ3v) is 7.94. The Labute approximate surface area is 238 Å². The van der Waals surface area contributed by atoms with Gasteiger partial charge in [0.05, 0.1) is 23.1 Å². The van der Waals surface area contributed by atoms with Gasteiger partial charge in [-0.15, -0.1) is 0 Å². The largest absolute Gasteiger partial charge is 0.490 e. The Morgan fingerprint density at radius 3 is 2.27 bits per heavy atom. The number of ether oxygens (including phenoxy) is 2. The maximum Gasteiger partial charge on any atom is 0.307 e. The number of nitrogens with zero attached hydrogens (tertiary/aromatic N) is 2. The van der Waals surface area contributed by atoms with Gasteiger partial charge in [-0.1, -0.05) is 42.8 Å². The molecule has 8 heteroatoms. The fourth-order valence-corrected chi connectivity index (χ4v) is 5.63. The molecule has 5 rings (SSSR count). The van der Waals surface area contributed by atoms with Gasteiger partial charge < -0.3 is 14.6 Å². The standard InChI is InChI=1S/C32H32N2O5S/c1-34-31(37)29(40-32(34)33-25-13-7-23(8-14-25)20-30(35)36)19-22-9-15-26(16-10-22)38-21-24-11-17-28(18-12-24)39-27-5-3-2-4-6-27/h7-19,27H,2-6,20-21H2,1H3,(H,35,36)/b29-19+,33-32?. The predicted molar refractivity (Wildman–Crippen MR) is 158 cm³/mol. The molecule has 1 saturated heterocycles. The molecule has 1 N–H and O–H groups in total. The first-order valence-corrected chi connectivity index (χ1v) is 14.3. The molecule has 1 heterocycles. The van der Waals surface area contributed by atoms with Gasteiger partial charge >= 0.3 is 5.97 Å². The highest BCUT2D eigenvalue weighted by Crippen LogP contribution is 2.33. The van der Waals surface area contributed by atoms with E-state index in [9.17, 15) is 9.59 Å². The van der Waals surface area contributed by atoms with Gasteiger partial charge in [0, 0.05) is 7.05 Å². The van der Waals surface area contributed by atoms with Gasteiger partial charge in [-0.05, 0) is 96.6 Å². The number of likely N-dealkylation sites (N-methyl/N-ethyl adjacent to an activating group) is 1. The van der Waals surface area contributed by atoms with Crippen molar-refractivity contribution in [1.29, 1.82) is 0 Å². The van der Waals surface area contributed by atoms with E-state index in [0.29, 0.717) is 34.0 Å². The van der Waals surface area contributed by atoms with Crippen LogP contribution in [-0.4, -0.2) is 40.2 Å². The lowest BCUT2D eigenvalue weighted by Crippen LogP contribution is -2.23. The monoisotopic (exact) mass is 556 g/mol. The van der Waals surface area contributed by atoms with Crippen LogP contribution >= 0.6 is 11.8 Å². The number of carboxylic acids is 1. The highest BCUT2D eigenvalue weighted by atomic mass is 32.2. The zero-order valence-electron chi connectivity index (χ0n) is 22.4. The molecule has 7 nitrogen and oxygen atoms in total. The molecule has 1 aliphatic heterocycles. The third kappa shape index (κ3) is 7.33. The smallest absolute Gasteiger partial charge is 0.307 e. The molecule has 1 amide bonds. The SMILES string of the molecule is CN1C(=O)/C(=C\c2ccc(OCc3ccc(OC4CCCCC4)cc3)cc2)SC1=Nc1ccc(CC(=O)O)cc1. The summed E-state index contributed by atoms with van der Waals surface area (Å²) in [4.78, 5) is 30.3. The van der Waals surface area contributed by atoms with Crippen LogP contribution in [0.4, 0.5) is 5.69 Å². The molecule has 0 radical (unpaired) electrons. The van der Waals surface area contributed by atoms with E-state index in [1.165, 1.54) is 35.9 Å². The number of aliphatic carboxylic acids is 1. The van der Waals surface area contributed by atoms with Crippen LogP contribution in [0, 0.1) is 0 Å². The average molecular weight is 557 g/mol. The Balaban J connectivity index is 1.16. The molecular weight excluding hydrogens is 524 g/mol. The van der Waals surface area contributed by atoms with E-state index in [0.717, 1.165) is 35.5 Å². The maximum atomic E-state index is 12.8. The Hall–Kier alpha value is -4.04. The second-order valence-electron chi connectivity index (χ2n) is 9.99. The topological polar surface area (TPSA) is 88.4 Å². The number of benzene rings is 3. The first-order valence-electron chi connectivity index (χ1n) is 13.5. The van der Waals surface area contributed by atoms with Crippen LogP contribution in [0.1, 0.15) is 48.8 Å². The van der Waals surface area contributed by atoms with Crippen LogP contribution in [-0.2, 0) is 22.6 Å².